The Morgan fingerprint density at radius 2 is 2.33 bits per heavy atom. The van der Waals surface area contributed by atoms with E-state index in [9.17, 15) is 0 Å². The lowest BCUT2D eigenvalue weighted by atomic mass is 10.2. The molecule has 15 heavy (non-hydrogen) atoms. The number of nitrogens with one attached hydrogen (secondary N) is 1. The molecule has 1 rings (SSSR count). The molecule has 86 valence electrons. The maximum Gasteiger partial charge on any atom is 0.157 e. The Hall–Kier alpha value is -1.03. The second kappa shape index (κ2) is 6.45. The lowest BCUT2D eigenvalue weighted by Crippen LogP contribution is -2.24. The molecule has 0 unspecified atom stereocenters. The Kier molecular flexibility index (Phi) is 5.18. The van der Waals surface area contributed by atoms with Crippen molar-refractivity contribution in [3.63, 3.8) is 0 Å². The van der Waals surface area contributed by atoms with Crippen molar-refractivity contribution in [2.45, 2.75) is 27.3 Å². The summed E-state index contributed by atoms with van der Waals surface area (Å²) < 4.78 is 7.38. The molecule has 0 radical (unpaired) electrons. The summed E-state index contributed by atoms with van der Waals surface area (Å²) in [6.45, 7) is 9.95. The molecule has 4 nitrogen and oxygen atoms in total. The number of nitrogens with zero attached hydrogens (tertiary/aromatic N) is 2. The van der Waals surface area contributed by atoms with Gasteiger partial charge in [-0.1, -0.05) is 13.8 Å². The monoisotopic (exact) mass is 211 g/mol. The van der Waals surface area contributed by atoms with Gasteiger partial charge in [-0.15, -0.1) is 0 Å². The quantitative estimate of drug-likeness (QED) is 0.695. The molecule has 0 aliphatic rings. The van der Waals surface area contributed by atoms with Crippen LogP contribution < -0.4 is 10.1 Å². The standard InChI is InChI=1S/C11H21N3O/c1-4-14-9-11(8-13-14)15-6-5-12-7-10(2)3/h8-10,12H,4-7H2,1-3H3. The second-order valence-corrected chi connectivity index (χ2v) is 3.98. The second-order valence-electron chi connectivity index (χ2n) is 3.98. The molecule has 1 aromatic heterocycles. The van der Waals surface area contributed by atoms with Crippen molar-refractivity contribution < 1.29 is 4.74 Å². The van der Waals surface area contributed by atoms with Crippen LogP contribution in [0.2, 0.25) is 0 Å². The lowest BCUT2D eigenvalue weighted by Gasteiger charge is -2.07. The molecule has 0 spiro atoms. The predicted octanol–water partition coefficient (Wildman–Crippen LogP) is 1.53. The van der Waals surface area contributed by atoms with Crippen LogP contribution in [0.1, 0.15) is 20.8 Å². The lowest BCUT2D eigenvalue weighted by molar-refractivity contribution is 0.310. The van der Waals surface area contributed by atoms with Gasteiger partial charge >= 0.3 is 0 Å². The molecule has 1 N–H and O–H groups in total. The normalized spacial score (nSPS) is 10.9. The molecule has 0 atom stereocenters. The van der Waals surface area contributed by atoms with Gasteiger partial charge in [0, 0.05) is 13.1 Å². The Morgan fingerprint density at radius 1 is 1.53 bits per heavy atom. The summed E-state index contributed by atoms with van der Waals surface area (Å²) >= 11 is 0. The van der Waals surface area contributed by atoms with Crippen molar-refractivity contribution in [1.82, 2.24) is 15.1 Å². The number of aromatic nitrogens is 2. The van der Waals surface area contributed by atoms with Crippen LogP contribution in [0.3, 0.4) is 0 Å². The highest BCUT2D eigenvalue weighted by Gasteiger charge is 1.97. The van der Waals surface area contributed by atoms with E-state index in [0.29, 0.717) is 12.5 Å². The fraction of sp³-hybridized carbons (Fsp3) is 0.727. The average Bonchev–Trinajstić information content (AvgIpc) is 2.65. The van der Waals surface area contributed by atoms with E-state index < -0.39 is 0 Å². The predicted molar refractivity (Wildman–Crippen MR) is 61.1 cm³/mol. The van der Waals surface area contributed by atoms with E-state index in [2.05, 4.69) is 31.2 Å². The summed E-state index contributed by atoms with van der Waals surface area (Å²) in [5.41, 5.74) is 0. The fourth-order valence-electron chi connectivity index (χ4n) is 1.22. The molecule has 0 aromatic carbocycles. The molecule has 0 saturated carbocycles. The van der Waals surface area contributed by atoms with Crippen molar-refractivity contribution in [3.8, 4) is 5.75 Å². The highest BCUT2D eigenvalue weighted by molar-refractivity contribution is 5.11. The summed E-state index contributed by atoms with van der Waals surface area (Å²) in [6.07, 6.45) is 3.67. The molecule has 4 heteroatoms. The van der Waals surface area contributed by atoms with Gasteiger partial charge in [-0.05, 0) is 19.4 Å². The summed E-state index contributed by atoms with van der Waals surface area (Å²) in [5, 5.41) is 7.46. The van der Waals surface area contributed by atoms with Crippen molar-refractivity contribution in [2.75, 3.05) is 19.7 Å². The van der Waals surface area contributed by atoms with Crippen LogP contribution in [-0.4, -0.2) is 29.5 Å². The zero-order valence-corrected chi connectivity index (χ0v) is 9.86. The van der Waals surface area contributed by atoms with Gasteiger partial charge in [0.2, 0.25) is 0 Å². The van der Waals surface area contributed by atoms with Gasteiger partial charge in [-0.25, -0.2) is 0 Å². The highest BCUT2D eigenvalue weighted by atomic mass is 16.5. The van der Waals surface area contributed by atoms with Gasteiger partial charge in [-0.3, -0.25) is 4.68 Å². The van der Waals surface area contributed by atoms with Crippen LogP contribution in [0, 0.1) is 5.92 Å². The van der Waals surface area contributed by atoms with Crippen molar-refractivity contribution in [1.29, 1.82) is 0 Å². The molecule has 0 saturated heterocycles. The molecular formula is C11H21N3O. The molecule has 0 bridgehead atoms. The maximum atomic E-state index is 5.52. The van der Waals surface area contributed by atoms with Gasteiger partial charge in [-0.2, -0.15) is 5.10 Å². The van der Waals surface area contributed by atoms with Crippen molar-refractivity contribution in [2.24, 2.45) is 5.92 Å². The molecule has 0 fully saturated rings. The van der Waals surface area contributed by atoms with Gasteiger partial charge in [0.1, 0.15) is 6.61 Å². The summed E-state index contributed by atoms with van der Waals surface area (Å²) in [7, 11) is 0. The van der Waals surface area contributed by atoms with Crippen LogP contribution in [0.15, 0.2) is 12.4 Å². The van der Waals surface area contributed by atoms with Crippen LogP contribution in [-0.2, 0) is 6.54 Å². The van der Waals surface area contributed by atoms with Crippen LogP contribution in [0.5, 0.6) is 5.75 Å². The molecule has 1 heterocycles. The van der Waals surface area contributed by atoms with E-state index in [-0.39, 0.29) is 0 Å². The van der Waals surface area contributed by atoms with E-state index in [1.54, 1.807) is 6.20 Å². The molecule has 0 aliphatic heterocycles. The first-order valence-electron chi connectivity index (χ1n) is 5.58. The van der Waals surface area contributed by atoms with Gasteiger partial charge in [0.15, 0.2) is 5.75 Å². The molecule has 0 amide bonds. The SMILES string of the molecule is CCn1cc(OCCNCC(C)C)cn1. The largest absolute Gasteiger partial charge is 0.489 e. The fourth-order valence-corrected chi connectivity index (χ4v) is 1.22. The maximum absolute atomic E-state index is 5.52. The first-order valence-corrected chi connectivity index (χ1v) is 5.58. The van der Waals surface area contributed by atoms with Crippen molar-refractivity contribution >= 4 is 0 Å². The van der Waals surface area contributed by atoms with E-state index in [4.69, 9.17) is 4.74 Å². The third kappa shape index (κ3) is 4.83. The smallest absolute Gasteiger partial charge is 0.157 e. The topological polar surface area (TPSA) is 39.1 Å². The Morgan fingerprint density at radius 3 is 2.93 bits per heavy atom. The van der Waals surface area contributed by atoms with Crippen LogP contribution in [0.4, 0.5) is 0 Å². The third-order valence-electron chi connectivity index (χ3n) is 2.03. The number of hydrogen-bond donors (Lipinski definition) is 1. The van der Waals surface area contributed by atoms with Crippen LogP contribution in [0.25, 0.3) is 0 Å². The van der Waals surface area contributed by atoms with Gasteiger partial charge in [0.05, 0.1) is 12.4 Å². The van der Waals surface area contributed by atoms with Crippen LogP contribution >= 0.6 is 0 Å². The van der Waals surface area contributed by atoms with E-state index in [1.807, 2.05) is 10.9 Å². The Bertz CT molecular complexity index is 271. The van der Waals surface area contributed by atoms with E-state index in [1.165, 1.54) is 0 Å². The van der Waals surface area contributed by atoms with Gasteiger partial charge in [0.25, 0.3) is 0 Å². The van der Waals surface area contributed by atoms with Gasteiger partial charge < -0.3 is 10.1 Å². The number of hydrogen-bond acceptors (Lipinski definition) is 3. The summed E-state index contributed by atoms with van der Waals surface area (Å²) in [4.78, 5) is 0. The minimum atomic E-state index is 0.688. The Balaban J connectivity index is 2.09. The summed E-state index contributed by atoms with van der Waals surface area (Å²) in [5.74, 6) is 1.54. The minimum absolute atomic E-state index is 0.688. The van der Waals surface area contributed by atoms with E-state index in [0.717, 1.165) is 25.4 Å². The summed E-state index contributed by atoms with van der Waals surface area (Å²) in [6, 6.07) is 0. The molecule has 0 aliphatic carbocycles. The Labute approximate surface area is 91.6 Å². The van der Waals surface area contributed by atoms with E-state index >= 15 is 0 Å². The zero-order valence-electron chi connectivity index (χ0n) is 9.86. The average molecular weight is 211 g/mol. The number of aryl methyl sites for hydroxylation is 1. The minimum Gasteiger partial charge on any atom is -0.489 e. The first kappa shape index (κ1) is 12.0. The third-order valence-corrected chi connectivity index (χ3v) is 2.03. The van der Waals surface area contributed by atoms with Crippen molar-refractivity contribution in [3.05, 3.63) is 12.4 Å². The zero-order chi connectivity index (χ0) is 11.1. The number of rotatable bonds is 7. The number of ether oxygens (including phenoxy) is 1. The molecule has 1 aromatic rings. The highest BCUT2D eigenvalue weighted by Crippen LogP contribution is 2.07. The molecular weight excluding hydrogens is 190 g/mol. The first-order chi connectivity index (χ1) is 7.22.